The van der Waals surface area contributed by atoms with E-state index < -0.39 is 0 Å². The molecule has 1 N–H and O–H groups in total. The Hall–Kier alpha value is -4.49. The molecule has 6 rings (SSSR count). The fourth-order valence-corrected chi connectivity index (χ4v) is 5.99. The largest absolute Gasteiger partial charge is 0.370 e. The van der Waals surface area contributed by atoms with E-state index >= 15 is 0 Å². The van der Waals surface area contributed by atoms with Crippen molar-refractivity contribution in [2.45, 2.75) is 12.1 Å². The number of nitrogens with one attached hydrogen (secondary N) is 1. The molecule has 1 aliphatic heterocycles. The Labute approximate surface area is 249 Å². The van der Waals surface area contributed by atoms with E-state index in [2.05, 4.69) is 39.5 Å². The minimum Gasteiger partial charge on any atom is -0.370 e. The van der Waals surface area contributed by atoms with Gasteiger partial charge in [0.25, 0.3) is 0 Å². The van der Waals surface area contributed by atoms with E-state index in [1.807, 2.05) is 47.1 Å². The summed E-state index contributed by atoms with van der Waals surface area (Å²) in [7, 11) is 3.66. The third kappa shape index (κ3) is 5.28. The highest BCUT2D eigenvalue weighted by Gasteiger charge is 2.35. The van der Waals surface area contributed by atoms with E-state index in [0.717, 1.165) is 33.7 Å². The number of rotatable bonds is 5. The van der Waals surface area contributed by atoms with Gasteiger partial charge in [0.05, 0.1) is 41.6 Å². The second kappa shape index (κ2) is 11.8. The summed E-state index contributed by atoms with van der Waals surface area (Å²) in [6.45, 7) is 2.43. The Morgan fingerprint density at radius 3 is 2.62 bits per heavy atom. The third-order valence-electron chi connectivity index (χ3n) is 7.93. The molecule has 0 spiro atoms. The number of urea groups is 1. The normalized spacial score (nSPS) is 17.3. The minimum absolute atomic E-state index is 0.144. The highest BCUT2D eigenvalue weighted by atomic mass is 35.5. The summed E-state index contributed by atoms with van der Waals surface area (Å²) in [5.74, 6) is 0. The fourth-order valence-electron chi connectivity index (χ4n) is 5.82. The summed E-state index contributed by atoms with van der Waals surface area (Å²) in [5.41, 5.74) is 7.17. The summed E-state index contributed by atoms with van der Waals surface area (Å²) in [4.78, 5) is 26.5. The maximum atomic E-state index is 13.1. The van der Waals surface area contributed by atoms with E-state index in [4.69, 9.17) is 26.6 Å². The van der Waals surface area contributed by atoms with Gasteiger partial charge >= 0.3 is 6.03 Å². The van der Waals surface area contributed by atoms with E-state index in [-0.39, 0.29) is 18.2 Å². The number of aromatic nitrogens is 3. The van der Waals surface area contributed by atoms with Gasteiger partial charge in [-0.1, -0.05) is 23.7 Å². The standard InChI is InChI=1S/C32H30ClN7O2/c1-38-20-35-19-28(38)31(42-2)27-16-22-4-3-11-36-29(22)30(25-10-7-23(33)17-26(25)27)39-12-14-40(15-13-39)32(41)37-24-8-5-21(18-34)6-9-24/h3-11,16-17,19-20,30-31H,12-15H2,1-2H3,(H,37,41)/t30-,31-/m0/s1. The molecule has 212 valence electrons. The number of nitrogens with zero attached hydrogens (tertiary/aromatic N) is 6. The van der Waals surface area contributed by atoms with Crippen LogP contribution in [0.1, 0.15) is 45.8 Å². The molecule has 10 heteroatoms. The average Bonchev–Trinajstić information content (AvgIpc) is 3.38. The van der Waals surface area contributed by atoms with Crippen LogP contribution in [0.2, 0.25) is 5.02 Å². The number of fused-ring (bicyclic) bond motifs is 2. The molecule has 42 heavy (non-hydrogen) atoms. The first kappa shape index (κ1) is 27.7. The number of methoxy groups -OCH3 is 1. The number of anilines is 1. The quantitative estimate of drug-likeness (QED) is 0.334. The van der Waals surface area contributed by atoms with Crippen LogP contribution < -0.4 is 5.32 Å². The fraction of sp³-hybridized carbons (Fsp3) is 0.250. The van der Waals surface area contributed by atoms with E-state index in [1.54, 1.807) is 37.7 Å². The highest BCUT2D eigenvalue weighted by Crippen LogP contribution is 2.45. The molecular formula is C32H30ClN7O2. The monoisotopic (exact) mass is 579 g/mol. The predicted molar refractivity (Wildman–Crippen MR) is 162 cm³/mol. The summed E-state index contributed by atoms with van der Waals surface area (Å²) < 4.78 is 8.06. The van der Waals surface area contributed by atoms with Crippen molar-refractivity contribution in [1.82, 2.24) is 24.3 Å². The molecule has 2 aromatic heterocycles. The number of ether oxygens (including phenoxy) is 1. The number of nitriles is 1. The molecule has 9 nitrogen and oxygen atoms in total. The van der Waals surface area contributed by atoms with Gasteiger partial charge in [0, 0.05) is 57.2 Å². The SMILES string of the molecule is CO[C@@H](C1=Cc2cccnc2[C@@H](N2CCN(C(=O)Nc3ccc(C#N)cc3)CC2)c2ccc(Cl)cc21)c1cncn1C. The lowest BCUT2D eigenvalue weighted by molar-refractivity contribution is 0.124. The van der Waals surface area contributed by atoms with Gasteiger partial charge in [-0.25, -0.2) is 9.78 Å². The van der Waals surface area contributed by atoms with Crippen LogP contribution in [0.15, 0.2) is 73.3 Å². The number of carbonyl (C=O) groups excluding carboxylic acids is 1. The molecule has 0 radical (unpaired) electrons. The predicted octanol–water partition coefficient (Wildman–Crippen LogP) is 5.52. The van der Waals surface area contributed by atoms with E-state index in [1.165, 1.54) is 0 Å². The first-order valence-electron chi connectivity index (χ1n) is 13.7. The Kier molecular flexibility index (Phi) is 7.76. The second-order valence-corrected chi connectivity index (χ2v) is 10.8. The molecule has 4 aromatic rings. The van der Waals surface area contributed by atoms with Gasteiger partial charge in [0.15, 0.2) is 0 Å². The zero-order chi connectivity index (χ0) is 29.2. The first-order valence-corrected chi connectivity index (χ1v) is 14.1. The van der Waals surface area contributed by atoms with Crippen molar-refractivity contribution in [3.05, 3.63) is 112 Å². The van der Waals surface area contributed by atoms with Gasteiger partial charge in [-0.15, -0.1) is 0 Å². The van der Waals surface area contributed by atoms with E-state index in [9.17, 15) is 4.79 Å². The number of carbonyl (C=O) groups is 1. The van der Waals surface area contributed by atoms with Crippen LogP contribution in [0.25, 0.3) is 11.6 Å². The second-order valence-electron chi connectivity index (χ2n) is 10.4. The molecule has 0 saturated carbocycles. The van der Waals surface area contributed by atoms with Gasteiger partial charge in [0.1, 0.15) is 6.10 Å². The topological polar surface area (TPSA) is 99.3 Å². The summed E-state index contributed by atoms with van der Waals surface area (Å²) >= 11 is 6.60. The summed E-state index contributed by atoms with van der Waals surface area (Å²) in [5, 5.41) is 12.6. The number of pyridine rings is 1. The number of aryl methyl sites for hydroxylation is 1. The van der Waals surface area contributed by atoms with Crippen molar-refractivity contribution < 1.29 is 9.53 Å². The lowest BCUT2D eigenvalue weighted by Gasteiger charge is -2.39. The van der Waals surface area contributed by atoms with Gasteiger partial charge in [-0.3, -0.25) is 9.88 Å². The zero-order valence-corrected chi connectivity index (χ0v) is 24.1. The Bertz CT molecular complexity index is 1680. The van der Waals surface area contributed by atoms with Gasteiger partial charge < -0.3 is 19.5 Å². The van der Waals surface area contributed by atoms with Crippen LogP contribution in [-0.2, 0) is 11.8 Å². The number of imidazole rings is 1. The third-order valence-corrected chi connectivity index (χ3v) is 8.17. The van der Waals surface area contributed by atoms with Crippen molar-refractivity contribution in [3.8, 4) is 6.07 Å². The maximum absolute atomic E-state index is 13.1. The van der Waals surface area contributed by atoms with Gasteiger partial charge in [-0.05, 0) is 70.8 Å². The first-order chi connectivity index (χ1) is 20.5. The van der Waals surface area contributed by atoms with Crippen molar-refractivity contribution in [1.29, 1.82) is 5.26 Å². The summed E-state index contributed by atoms with van der Waals surface area (Å²) in [6, 6.07) is 18.7. The van der Waals surface area contributed by atoms with Crippen LogP contribution >= 0.6 is 11.6 Å². The Balaban J connectivity index is 1.31. The van der Waals surface area contributed by atoms with Crippen LogP contribution in [-0.4, -0.2) is 63.7 Å². The molecule has 3 heterocycles. The number of amides is 2. The van der Waals surface area contributed by atoms with Crippen molar-refractivity contribution >= 4 is 35.0 Å². The zero-order valence-electron chi connectivity index (χ0n) is 23.4. The molecule has 2 aliphatic rings. The smallest absolute Gasteiger partial charge is 0.321 e. The van der Waals surface area contributed by atoms with Crippen LogP contribution in [0.4, 0.5) is 10.5 Å². The Morgan fingerprint density at radius 1 is 1.14 bits per heavy atom. The summed E-state index contributed by atoms with van der Waals surface area (Å²) in [6.07, 6.45) is 7.21. The number of halogens is 1. The van der Waals surface area contributed by atoms with Crippen LogP contribution in [0.5, 0.6) is 0 Å². The van der Waals surface area contributed by atoms with E-state index in [0.29, 0.717) is 42.5 Å². The molecule has 0 unspecified atom stereocenters. The molecule has 0 bridgehead atoms. The van der Waals surface area contributed by atoms with Crippen molar-refractivity contribution in [3.63, 3.8) is 0 Å². The van der Waals surface area contributed by atoms with Gasteiger partial charge in [-0.2, -0.15) is 5.26 Å². The molecule has 1 fully saturated rings. The lowest BCUT2D eigenvalue weighted by atomic mass is 9.91. The maximum Gasteiger partial charge on any atom is 0.321 e. The molecule has 2 amide bonds. The highest BCUT2D eigenvalue weighted by molar-refractivity contribution is 6.30. The number of benzene rings is 2. The molecule has 2 aromatic carbocycles. The lowest BCUT2D eigenvalue weighted by Crippen LogP contribution is -2.51. The number of hydrogen-bond acceptors (Lipinski definition) is 6. The molecule has 1 saturated heterocycles. The Morgan fingerprint density at radius 2 is 1.93 bits per heavy atom. The minimum atomic E-state index is -0.371. The van der Waals surface area contributed by atoms with Crippen molar-refractivity contribution in [2.75, 3.05) is 38.6 Å². The van der Waals surface area contributed by atoms with Crippen molar-refractivity contribution in [2.24, 2.45) is 7.05 Å². The van der Waals surface area contributed by atoms with Crippen LogP contribution in [0, 0.1) is 11.3 Å². The van der Waals surface area contributed by atoms with Gasteiger partial charge in [0.2, 0.25) is 0 Å². The average molecular weight is 580 g/mol. The van der Waals surface area contributed by atoms with Crippen LogP contribution in [0.3, 0.4) is 0 Å². The molecular weight excluding hydrogens is 550 g/mol. The molecule has 1 aliphatic carbocycles. The number of hydrogen-bond donors (Lipinski definition) is 1. The number of piperazine rings is 1. The molecule has 2 atom stereocenters.